The molecule has 29 heavy (non-hydrogen) atoms. The van der Waals surface area contributed by atoms with Gasteiger partial charge in [-0.15, -0.1) is 10.1 Å². The number of hydrogen-bond acceptors (Lipinski definition) is 7. The molecule has 162 valence electrons. The molecule has 10 heteroatoms. The number of amides is 1. The number of aliphatic carboxylic acids is 1. The molecule has 0 saturated heterocycles. The van der Waals surface area contributed by atoms with E-state index < -0.39 is 28.8 Å². The summed E-state index contributed by atoms with van der Waals surface area (Å²) < 4.78 is 10.4. The van der Waals surface area contributed by atoms with Crippen LogP contribution in [0, 0.1) is 10.1 Å². The van der Waals surface area contributed by atoms with E-state index in [4.69, 9.17) is 9.47 Å². The molecule has 10 nitrogen and oxygen atoms in total. The van der Waals surface area contributed by atoms with Crippen molar-refractivity contribution >= 4 is 12.1 Å². The van der Waals surface area contributed by atoms with Crippen molar-refractivity contribution < 1.29 is 34.1 Å². The number of ether oxygens (including phenoxy) is 2. The molecule has 0 aliphatic rings. The number of benzene rings is 1. The highest BCUT2D eigenvalue weighted by molar-refractivity contribution is 5.80. The number of carbonyl (C=O) groups is 2. The van der Waals surface area contributed by atoms with Gasteiger partial charge in [-0.3, -0.25) is 0 Å². The largest absolute Gasteiger partial charge is 0.480 e. The molecule has 2 N–H and O–H groups in total. The number of carboxylic acids is 1. The van der Waals surface area contributed by atoms with E-state index in [2.05, 4.69) is 10.2 Å². The minimum atomic E-state index is -1.13. The number of rotatable bonds is 12. The van der Waals surface area contributed by atoms with Crippen LogP contribution in [-0.4, -0.2) is 53.7 Å². The lowest BCUT2D eigenvalue weighted by atomic mass is 10.0. The Morgan fingerprint density at radius 3 is 2.41 bits per heavy atom. The summed E-state index contributed by atoms with van der Waals surface area (Å²) in [6.07, 6.45) is 0.507. The van der Waals surface area contributed by atoms with Crippen LogP contribution in [0.5, 0.6) is 0 Å². The van der Waals surface area contributed by atoms with E-state index in [0.717, 1.165) is 11.1 Å². The van der Waals surface area contributed by atoms with Gasteiger partial charge in [0.05, 0.1) is 13.2 Å². The summed E-state index contributed by atoms with van der Waals surface area (Å²) in [7, 11) is 0. The van der Waals surface area contributed by atoms with Gasteiger partial charge < -0.3 is 24.7 Å². The molecule has 1 amide bonds. The fourth-order valence-electron chi connectivity index (χ4n) is 2.42. The predicted octanol–water partition coefficient (Wildman–Crippen LogP) is 2.36. The molecule has 0 unspecified atom stereocenters. The minimum Gasteiger partial charge on any atom is -0.480 e. The Balaban J connectivity index is 2.47. The van der Waals surface area contributed by atoms with E-state index in [0.29, 0.717) is 19.4 Å². The Morgan fingerprint density at radius 2 is 1.83 bits per heavy atom. The molecule has 0 radical (unpaired) electrons. The lowest BCUT2D eigenvalue weighted by Gasteiger charge is -2.22. The monoisotopic (exact) mass is 412 g/mol. The van der Waals surface area contributed by atoms with Crippen LogP contribution >= 0.6 is 0 Å². The van der Waals surface area contributed by atoms with Crippen LogP contribution in [0.15, 0.2) is 24.3 Å². The predicted molar refractivity (Wildman–Crippen MR) is 103 cm³/mol. The van der Waals surface area contributed by atoms with Crippen molar-refractivity contribution in [3.63, 3.8) is 0 Å². The number of aryl methyl sites for hydroxylation is 1. The van der Waals surface area contributed by atoms with Crippen LogP contribution in [0.4, 0.5) is 4.79 Å². The van der Waals surface area contributed by atoms with Crippen LogP contribution in [0.1, 0.15) is 38.3 Å². The van der Waals surface area contributed by atoms with Crippen LogP contribution < -0.4 is 5.32 Å². The first-order valence-corrected chi connectivity index (χ1v) is 9.22. The van der Waals surface area contributed by atoms with Crippen molar-refractivity contribution in [1.82, 2.24) is 5.32 Å². The fraction of sp³-hybridized carbons (Fsp3) is 0.579. The van der Waals surface area contributed by atoms with Crippen molar-refractivity contribution in [2.24, 2.45) is 0 Å². The average molecular weight is 412 g/mol. The molecule has 0 aliphatic carbocycles. The fourth-order valence-corrected chi connectivity index (χ4v) is 2.42. The second-order valence-electron chi connectivity index (χ2n) is 7.31. The van der Waals surface area contributed by atoms with Crippen LogP contribution in [0.25, 0.3) is 0 Å². The van der Waals surface area contributed by atoms with Crippen LogP contribution in [0.3, 0.4) is 0 Å². The molecule has 0 heterocycles. The maximum atomic E-state index is 11.8. The van der Waals surface area contributed by atoms with Crippen molar-refractivity contribution in [3.8, 4) is 0 Å². The number of alkyl carbamates (subject to hydrolysis) is 1. The highest BCUT2D eigenvalue weighted by Gasteiger charge is 2.23. The molecule has 0 bridgehead atoms. The summed E-state index contributed by atoms with van der Waals surface area (Å²) >= 11 is 0. The van der Waals surface area contributed by atoms with E-state index in [1.165, 1.54) is 0 Å². The second kappa shape index (κ2) is 11.8. The molecule has 1 aromatic carbocycles. The van der Waals surface area contributed by atoms with E-state index in [1.54, 1.807) is 20.8 Å². The smallest absolute Gasteiger partial charge is 0.408 e. The lowest BCUT2D eigenvalue weighted by Crippen LogP contribution is -2.43. The number of hydrogen-bond donors (Lipinski definition) is 2. The van der Waals surface area contributed by atoms with Gasteiger partial charge in [-0.25, -0.2) is 9.59 Å². The zero-order valence-corrected chi connectivity index (χ0v) is 16.9. The van der Waals surface area contributed by atoms with Crippen molar-refractivity contribution in [2.75, 3.05) is 19.8 Å². The highest BCUT2D eigenvalue weighted by Crippen LogP contribution is 2.11. The SMILES string of the molecule is CC(C)(C)OC(=O)N[C@H](CCc1cccc(CCOCCO[N+](=O)[O-])c1)C(=O)O. The van der Waals surface area contributed by atoms with Crippen molar-refractivity contribution in [1.29, 1.82) is 0 Å². The molecule has 0 aromatic heterocycles. The molecule has 0 saturated carbocycles. The summed E-state index contributed by atoms with van der Waals surface area (Å²) in [4.78, 5) is 37.4. The molecule has 0 spiro atoms. The van der Waals surface area contributed by atoms with E-state index in [1.807, 2.05) is 24.3 Å². The first kappa shape index (κ1) is 24.2. The van der Waals surface area contributed by atoms with Gasteiger partial charge in [0.15, 0.2) is 0 Å². The van der Waals surface area contributed by atoms with Gasteiger partial charge in [0.25, 0.3) is 5.09 Å². The van der Waals surface area contributed by atoms with Gasteiger partial charge in [-0.2, -0.15) is 0 Å². The molecular weight excluding hydrogens is 384 g/mol. The van der Waals surface area contributed by atoms with Gasteiger partial charge in [0.1, 0.15) is 18.2 Å². The number of nitrogens with zero attached hydrogens (tertiary/aromatic N) is 1. The maximum absolute atomic E-state index is 11.8. The molecule has 0 aliphatic heterocycles. The third-order valence-electron chi connectivity index (χ3n) is 3.66. The standard InChI is InChI=1S/C19H28N2O8/c1-19(2,3)29-18(24)20-16(17(22)23)8-7-14-5-4-6-15(13-14)9-10-27-11-12-28-21(25)26/h4-6,13,16H,7-12H2,1-3H3,(H,20,24)(H,22,23)/t16-/m1/s1. The molecule has 0 fully saturated rings. The van der Waals surface area contributed by atoms with Gasteiger partial charge in [0.2, 0.25) is 0 Å². The highest BCUT2D eigenvalue weighted by atomic mass is 17.0. The quantitative estimate of drug-likeness (QED) is 0.303. The Hall–Kier alpha value is -2.88. The first-order chi connectivity index (χ1) is 13.6. The van der Waals surface area contributed by atoms with Crippen molar-refractivity contribution in [3.05, 3.63) is 45.5 Å². The van der Waals surface area contributed by atoms with E-state index in [-0.39, 0.29) is 19.6 Å². The van der Waals surface area contributed by atoms with Crippen LogP contribution in [0.2, 0.25) is 0 Å². The third-order valence-corrected chi connectivity index (χ3v) is 3.66. The van der Waals surface area contributed by atoms with Crippen molar-refractivity contribution in [2.45, 2.75) is 51.7 Å². The third kappa shape index (κ3) is 11.5. The molecule has 1 atom stereocenters. The summed E-state index contributed by atoms with van der Waals surface area (Å²) in [6.45, 7) is 5.49. The normalized spacial score (nSPS) is 12.1. The second-order valence-corrected chi connectivity index (χ2v) is 7.31. The Morgan fingerprint density at radius 1 is 1.17 bits per heavy atom. The Labute approximate surface area is 169 Å². The minimum absolute atomic E-state index is 0.117. The number of carboxylic acid groups (broad SMARTS) is 1. The topological polar surface area (TPSA) is 137 Å². The lowest BCUT2D eigenvalue weighted by molar-refractivity contribution is -0.758. The summed E-state index contributed by atoms with van der Waals surface area (Å²) in [5, 5.41) is 20.9. The molecular formula is C19H28N2O8. The van der Waals surface area contributed by atoms with Gasteiger partial charge in [-0.05, 0) is 51.2 Å². The average Bonchev–Trinajstić information content (AvgIpc) is 2.60. The Bertz CT molecular complexity index is 687. The maximum Gasteiger partial charge on any atom is 0.408 e. The molecule has 1 rings (SSSR count). The number of nitrogens with one attached hydrogen (secondary N) is 1. The molecule has 1 aromatic rings. The van der Waals surface area contributed by atoms with Gasteiger partial charge in [-0.1, -0.05) is 24.3 Å². The zero-order valence-electron chi connectivity index (χ0n) is 16.9. The summed E-state index contributed by atoms with van der Waals surface area (Å²) in [5.41, 5.74) is 1.21. The number of carbonyl (C=O) groups excluding carboxylic acids is 1. The van der Waals surface area contributed by atoms with Crippen LogP contribution in [-0.2, 0) is 31.9 Å². The summed E-state index contributed by atoms with van der Waals surface area (Å²) in [5.74, 6) is -1.13. The van der Waals surface area contributed by atoms with E-state index >= 15 is 0 Å². The Kier molecular flexibility index (Phi) is 9.87. The summed E-state index contributed by atoms with van der Waals surface area (Å²) in [6, 6.07) is 6.52. The van der Waals surface area contributed by atoms with E-state index in [9.17, 15) is 24.8 Å². The zero-order chi connectivity index (χ0) is 21.9. The first-order valence-electron chi connectivity index (χ1n) is 9.22. The van der Waals surface area contributed by atoms with Gasteiger partial charge >= 0.3 is 12.1 Å². The van der Waals surface area contributed by atoms with Gasteiger partial charge in [0, 0.05) is 0 Å².